The average Bonchev–Trinajstić information content (AvgIpc) is 3.31. The predicted octanol–water partition coefficient (Wildman–Crippen LogP) is 3.14. The molecular formula is C16H14N2O4S3. The molecule has 0 aliphatic carbocycles. The van der Waals surface area contributed by atoms with Crippen LogP contribution in [0.5, 0.6) is 0 Å². The van der Waals surface area contributed by atoms with Crippen molar-refractivity contribution in [1.82, 2.24) is 9.71 Å². The maximum Gasteiger partial charge on any atom is 0.349 e. The lowest BCUT2D eigenvalue weighted by Crippen LogP contribution is -2.24. The van der Waals surface area contributed by atoms with Crippen LogP contribution in [0, 0.1) is 0 Å². The number of methoxy groups -OCH3 is 1. The van der Waals surface area contributed by atoms with Crippen LogP contribution in [0.1, 0.15) is 15.2 Å². The first-order chi connectivity index (χ1) is 12.0. The van der Waals surface area contributed by atoms with Gasteiger partial charge in [0.25, 0.3) is 0 Å². The third-order valence-electron chi connectivity index (χ3n) is 3.35. The number of hydrogen-bond donors (Lipinski definition) is 1. The van der Waals surface area contributed by atoms with Crippen molar-refractivity contribution in [2.24, 2.45) is 0 Å². The second-order valence-electron chi connectivity index (χ2n) is 4.96. The van der Waals surface area contributed by atoms with Crippen LogP contribution >= 0.6 is 22.7 Å². The summed E-state index contributed by atoms with van der Waals surface area (Å²) in [5, 5.41) is 3.50. The van der Waals surface area contributed by atoms with Gasteiger partial charge in [-0.05, 0) is 40.6 Å². The Balaban J connectivity index is 1.78. The molecule has 130 valence electrons. The van der Waals surface area contributed by atoms with Crippen molar-refractivity contribution in [2.75, 3.05) is 7.11 Å². The fourth-order valence-corrected chi connectivity index (χ4v) is 5.19. The summed E-state index contributed by atoms with van der Waals surface area (Å²) in [4.78, 5) is 17.0. The van der Waals surface area contributed by atoms with Crippen molar-refractivity contribution in [3.05, 3.63) is 57.7 Å². The molecule has 3 rings (SSSR count). The lowest BCUT2D eigenvalue weighted by molar-refractivity contribution is 0.0602. The van der Waals surface area contributed by atoms with Gasteiger partial charge in [-0.3, -0.25) is 4.98 Å². The van der Waals surface area contributed by atoms with E-state index < -0.39 is 16.0 Å². The summed E-state index contributed by atoms with van der Waals surface area (Å²) in [6.07, 6.45) is 1.64. The van der Waals surface area contributed by atoms with Gasteiger partial charge in [-0.2, -0.15) is 0 Å². The molecule has 9 heteroatoms. The third kappa shape index (κ3) is 3.96. The van der Waals surface area contributed by atoms with Crippen LogP contribution in [0.25, 0.3) is 10.6 Å². The molecular weight excluding hydrogens is 380 g/mol. The van der Waals surface area contributed by atoms with Crippen molar-refractivity contribution < 1.29 is 17.9 Å². The van der Waals surface area contributed by atoms with Gasteiger partial charge in [-0.15, -0.1) is 22.7 Å². The zero-order chi connectivity index (χ0) is 17.9. The second kappa shape index (κ2) is 7.44. The molecule has 0 bridgehead atoms. The summed E-state index contributed by atoms with van der Waals surface area (Å²) < 4.78 is 32.1. The molecule has 1 N–H and O–H groups in total. The quantitative estimate of drug-likeness (QED) is 0.649. The first kappa shape index (κ1) is 17.7. The number of hydrogen-bond acceptors (Lipinski definition) is 7. The molecule has 0 aromatic carbocycles. The highest BCUT2D eigenvalue weighted by molar-refractivity contribution is 7.89. The number of pyridine rings is 1. The first-order valence-electron chi connectivity index (χ1n) is 7.15. The zero-order valence-corrected chi connectivity index (χ0v) is 15.6. The number of nitrogens with one attached hydrogen (secondary N) is 1. The van der Waals surface area contributed by atoms with Crippen molar-refractivity contribution in [2.45, 2.75) is 11.4 Å². The van der Waals surface area contributed by atoms with Crippen LogP contribution in [-0.2, 0) is 21.3 Å². The molecule has 3 aromatic heterocycles. The Hall–Kier alpha value is -2.07. The summed E-state index contributed by atoms with van der Waals surface area (Å²) in [5.74, 6) is -0.667. The number of thiophene rings is 2. The van der Waals surface area contributed by atoms with E-state index in [4.69, 9.17) is 0 Å². The van der Waals surface area contributed by atoms with Gasteiger partial charge < -0.3 is 4.74 Å². The molecule has 25 heavy (non-hydrogen) atoms. The van der Waals surface area contributed by atoms with E-state index in [9.17, 15) is 13.2 Å². The molecule has 0 fully saturated rings. The summed E-state index contributed by atoms with van der Waals surface area (Å²) in [5.41, 5.74) is 1.56. The molecule has 0 unspecified atom stereocenters. The van der Waals surface area contributed by atoms with Crippen molar-refractivity contribution in [3.8, 4) is 10.6 Å². The van der Waals surface area contributed by atoms with Gasteiger partial charge >= 0.3 is 5.97 Å². The number of carbonyl (C=O) groups excluding carboxylic acids is 1. The van der Waals surface area contributed by atoms with E-state index in [1.165, 1.54) is 13.2 Å². The van der Waals surface area contributed by atoms with E-state index in [2.05, 4.69) is 14.4 Å². The van der Waals surface area contributed by atoms with Gasteiger partial charge in [0.2, 0.25) is 10.0 Å². The fraction of sp³-hybridized carbons (Fsp3) is 0.125. The van der Waals surface area contributed by atoms with E-state index in [0.717, 1.165) is 27.5 Å². The van der Waals surface area contributed by atoms with E-state index >= 15 is 0 Å². The Morgan fingerprint density at radius 2 is 2.08 bits per heavy atom. The number of aromatic nitrogens is 1. The molecule has 0 radical (unpaired) electrons. The second-order valence-corrected chi connectivity index (χ2v) is 8.56. The standard InChI is InChI=1S/C16H14N2O4S3/c1-22-16(19)15-14(5-8-24-15)25(20,21)18-10-11-4-6-17-12(9-11)13-3-2-7-23-13/h2-9,18H,10H2,1H3. The van der Waals surface area contributed by atoms with Crippen LogP contribution in [0.4, 0.5) is 0 Å². The van der Waals surface area contributed by atoms with Gasteiger partial charge in [0.05, 0.1) is 17.7 Å². The number of rotatable bonds is 6. The highest BCUT2D eigenvalue weighted by Gasteiger charge is 2.24. The number of ether oxygens (including phenoxy) is 1. The smallest absolute Gasteiger partial charge is 0.349 e. The van der Waals surface area contributed by atoms with Crippen LogP contribution in [0.15, 0.2) is 52.2 Å². The molecule has 6 nitrogen and oxygen atoms in total. The molecule has 0 amide bonds. The van der Waals surface area contributed by atoms with E-state index in [1.807, 2.05) is 23.6 Å². The van der Waals surface area contributed by atoms with Crippen LogP contribution in [0.2, 0.25) is 0 Å². The number of esters is 1. The minimum atomic E-state index is -3.83. The van der Waals surface area contributed by atoms with E-state index in [0.29, 0.717) is 0 Å². The molecule has 0 atom stereocenters. The van der Waals surface area contributed by atoms with Gasteiger partial charge in [0.1, 0.15) is 9.77 Å². The Bertz CT molecular complexity index is 978. The van der Waals surface area contributed by atoms with Crippen LogP contribution in [-0.4, -0.2) is 26.5 Å². The Kier molecular flexibility index (Phi) is 5.28. The van der Waals surface area contributed by atoms with E-state index in [-0.39, 0.29) is 16.3 Å². The molecule has 0 saturated carbocycles. The van der Waals surface area contributed by atoms with Gasteiger partial charge in [-0.25, -0.2) is 17.9 Å². The lowest BCUT2D eigenvalue weighted by atomic mass is 10.2. The van der Waals surface area contributed by atoms with Gasteiger partial charge in [0.15, 0.2) is 0 Å². The fourth-order valence-electron chi connectivity index (χ4n) is 2.15. The van der Waals surface area contributed by atoms with Crippen molar-refractivity contribution in [1.29, 1.82) is 0 Å². The summed E-state index contributed by atoms with van der Waals surface area (Å²) in [7, 11) is -2.61. The molecule has 3 aromatic rings. The Morgan fingerprint density at radius 3 is 2.80 bits per heavy atom. The van der Waals surface area contributed by atoms with Gasteiger partial charge in [-0.1, -0.05) is 6.07 Å². The molecule has 0 spiro atoms. The number of nitrogens with zero attached hydrogens (tertiary/aromatic N) is 1. The first-order valence-corrected chi connectivity index (χ1v) is 10.4. The summed E-state index contributed by atoms with van der Waals surface area (Å²) >= 11 is 2.59. The number of sulfonamides is 1. The van der Waals surface area contributed by atoms with Crippen LogP contribution in [0.3, 0.4) is 0 Å². The predicted molar refractivity (Wildman–Crippen MR) is 97.2 cm³/mol. The highest BCUT2D eigenvalue weighted by atomic mass is 32.2. The number of carbonyl (C=O) groups is 1. The summed E-state index contributed by atoms with van der Waals surface area (Å²) in [6.45, 7) is 0.0969. The highest BCUT2D eigenvalue weighted by Crippen LogP contribution is 2.24. The minimum Gasteiger partial charge on any atom is -0.465 e. The summed E-state index contributed by atoms with van der Waals surface area (Å²) in [6, 6.07) is 8.86. The maximum atomic E-state index is 12.5. The Morgan fingerprint density at radius 1 is 1.24 bits per heavy atom. The minimum absolute atomic E-state index is 0.0593. The lowest BCUT2D eigenvalue weighted by Gasteiger charge is -2.08. The Labute approximate surface area is 153 Å². The normalized spacial score (nSPS) is 11.4. The SMILES string of the molecule is COC(=O)c1sccc1S(=O)(=O)NCc1ccnc(-c2cccs2)c1. The third-order valence-corrected chi connectivity index (χ3v) is 6.71. The average molecular weight is 394 g/mol. The van der Waals surface area contributed by atoms with Gasteiger partial charge in [0, 0.05) is 12.7 Å². The molecule has 0 aliphatic heterocycles. The zero-order valence-electron chi connectivity index (χ0n) is 13.1. The van der Waals surface area contributed by atoms with Crippen molar-refractivity contribution in [3.63, 3.8) is 0 Å². The maximum absolute atomic E-state index is 12.5. The monoisotopic (exact) mass is 394 g/mol. The molecule has 0 aliphatic rings. The molecule has 0 saturated heterocycles. The molecule has 3 heterocycles. The van der Waals surface area contributed by atoms with Crippen LogP contribution < -0.4 is 4.72 Å². The van der Waals surface area contributed by atoms with Crippen molar-refractivity contribution >= 4 is 38.7 Å². The van der Waals surface area contributed by atoms with E-state index in [1.54, 1.807) is 29.0 Å². The topological polar surface area (TPSA) is 85.4 Å². The largest absolute Gasteiger partial charge is 0.465 e.